The number of piperidine rings is 1. The van der Waals surface area contributed by atoms with Gasteiger partial charge in [0.15, 0.2) is 0 Å². The van der Waals surface area contributed by atoms with Crippen molar-refractivity contribution in [1.29, 1.82) is 0 Å². The third-order valence-corrected chi connectivity index (χ3v) is 4.45. The van der Waals surface area contributed by atoms with Gasteiger partial charge in [-0.2, -0.15) is 0 Å². The highest BCUT2D eigenvalue weighted by Crippen LogP contribution is 2.16. The number of likely N-dealkylation sites (N-methyl/N-ethyl adjacent to an activating group) is 1. The van der Waals surface area contributed by atoms with Crippen molar-refractivity contribution in [3.8, 4) is 0 Å². The molecule has 1 atom stereocenters. The zero-order valence-corrected chi connectivity index (χ0v) is 13.1. The average molecular weight is 282 g/mol. The molecule has 0 aromatic heterocycles. The van der Waals surface area contributed by atoms with Gasteiger partial charge < -0.3 is 15.1 Å². The molecule has 0 aromatic carbocycles. The lowest BCUT2D eigenvalue weighted by atomic mass is 9.95. The van der Waals surface area contributed by atoms with Crippen LogP contribution in [-0.2, 0) is 4.79 Å². The van der Waals surface area contributed by atoms with Gasteiger partial charge in [0.1, 0.15) is 0 Å². The smallest absolute Gasteiger partial charge is 0.222 e. The first-order chi connectivity index (χ1) is 9.65. The lowest BCUT2D eigenvalue weighted by molar-refractivity contribution is -0.134. The number of nitrogens with zero attached hydrogens (tertiary/aromatic N) is 3. The summed E-state index contributed by atoms with van der Waals surface area (Å²) >= 11 is 0. The molecule has 2 fully saturated rings. The summed E-state index contributed by atoms with van der Waals surface area (Å²) in [5, 5.41) is 3.39. The number of carbonyl (C=O) groups excluding carboxylic acids is 1. The summed E-state index contributed by atoms with van der Waals surface area (Å²) in [4.78, 5) is 19.1. The minimum Gasteiger partial charge on any atom is -0.340 e. The van der Waals surface area contributed by atoms with E-state index in [0.29, 0.717) is 11.8 Å². The Balaban J connectivity index is 1.66. The molecule has 1 amide bonds. The zero-order chi connectivity index (χ0) is 14.4. The fourth-order valence-electron chi connectivity index (χ4n) is 3.04. The molecule has 1 unspecified atom stereocenters. The SMILES string of the molecule is CN(C)CCN1CCN(C(=O)CC2CCCNC2)CC1. The summed E-state index contributed by atoms with van der Waals surface area (Å²) in [5.74, 6) is 0.925. The van der Waals surface area contributed by atoms with Gasteiger partial charge in [0.05, 0.1) is 0 Å². The maximum absolute atomic E-state index is 12.3. The second-order valence-corrected chi connectivity index (χ2v) is 6.44. The third-order valence-electron chi connectivity index (χ3n) is 4.45. The van der Waals surface area contributed by atoms with E-state index in [4.69, 9.17) is 0 Å². The molecule has 0 radical (unpaired) electrons. The monoisotopic (exact) mass is 282 g/mol. The number of rotatable bonds is 5. The van der Waals surface area contributed by atoms with E-state index in [1.54, 1.807) is 0 Å². The topological polar surface area (TPSA) is 38.8 Å². The molecule has 2 saturated heterocycles. The summed E-state index contributed by atoms with van der Waals surface area (Å²) in [6.45, 7) is 8.23. The van der Waals surface area contributed by atoms with Crippen molar-refractivity contribution < 1.29 is 4.79 Å². The van der Waals surface area contributed by atoms with Crippen molar-refractivity contribution in [1.82, 2.24) is 20.0 Å². The van der Waals surface area contributed by atoms with Gasteiger partial charge in [-0.15, -0.1) is 0 Å². The molecular formula is C15H30N4O. The van der Waals surface area contributed by atoms with Crippen molar-refractivity contribution in [3.63, 3.8) is 0 Å². The molecule has 5 nitrogen and oxygen atoms in total. The van der Waals surface area contributed by atoms with Crippen LogP contribution in [0.1, 0.15) is 19.3 Å². The van der Waals surface area contributed by atoms with Crippen molar-refractivity contribution in [3.05, 3.63) is 0 Å². The maximum atomic E-state index is 12.3. The Hall–Kier alpha value is -0.650. The molecule has 0 saturated carbocycles. The lowest BCUT2D eigenvalue weighted by Crippen LogP contribution is -2.50. The van der Waals surface area contributed by atoms with Crippen molar-refractivity contribution in [2.45, 2.75) is 19.3 Å². The van der Waals surface area contributed by atoms with Gasteiger partial charge in [0.2, 0.25) is 5.91 Å². The molecule has 0 bridgehead atoms. The van der Waals surface area contributed by atoms with Crippen LogP contribution in [0.15, 0.2) is 0 Å². The van der Waals surface area contributed by atoms with Gasteiger partial charge in [-0.05, 0) is 45.9 Å². The first kappa shape index (κ1) is 15.7. The Kier molecular flexibility index (Phi) is 6.26. The van der Waals surface area contributed by atoms with Gasteiger partial charge in [-0.1, -0.05) is 0 Å². The van der Waals surface area contributed by atoms with Crippen LogP contribution in [0, 0.1) is 5.92 Å². The van der Waals surface area contributed by atoms with Crippen LogP contribution in [0.4, 0.5) is 0 Å². The summed E-state index contributed by atoms with van der Waals surface area (Å²) < 4.78 is 0. The molecular weight excluding hydrogens is 252 g/mol. The molecule has 2 heterocycles. The van der Waals surface area contributed by atoms with Crippen LogP contribution >= 0.6 is 0 Å². The minimum atomic E-state index is 0.367. The quantitative estimate of drug-likeness (QED) is 0.775. The zero-order valence-electron chi connectivity index (χ0n) is 13.1. The molecule has 2 rings (SSSR count). The van der Waals surface area contributed by atoms with Crippen molar-refractivity contribution in [2.75, 3.05) is 66.5 Å². The maximum Gasteiger partial charge on any atom is 0.222 e. The summed E-state index contributed by atoms with van der Waals surface area (Å²) in [6.07, 6.45) is 3.17. The average Bonchev–Trinajstić information content (AvgIpc) is 2.46. The van der Waals surface area contributed by atoms with E-state index >= 15 is 0 Å². The molecule has 0 aromatic rings. The number of amides is 1. The third kappa shape index (κ3) is 5.04. The van der Waals surface area contributed by atoms with E-state index in [1.807, 2.05) is 0 Å². The Morgan fingerprint density at radius 3 is 2.60 bits per heavy atom. The molecule has 2 aliphatic heterocycles. The Morgan fingerprint density at radius 2 is 2.00 bits per heavy atom. The van der Waals surface area contributed by atoms with Crippen LogP contribution in [0.5, 0.6) is 0 Å². The number of hydrogen-bond donors (Lipinski definition) is 1. The number of carbonyl (C=O) groups is 1. The van der Waals surface area contributed by atoms with E-state index in [2.05, 4.69) is 34.1 Å². The van der Waals surface area contributed by atoms with E-state index < -0.39 is 0 Å². The van der Waals surface area contributed by atoms with Gasteiger partial charge in [0.25, 0.3) is 0 Å². The lowest BCUT2D eigenvalue weighted by Gasteiger charge is -2.36. The predicted molar refractivity (Wildman–Crippen MR) is 81.8 cm³/mol. The van der Waals surface area contributed by atoms with E-state index in [0.717, 1.165) is 58.8 Å². The molecule has 0 spiro atoms. The van der Waals surface area contributed by atoms with Crippen molar-refractivity contribution >= 4 is 5.91 Å². The Bertz CT molecular complexity index is 294. The predicted octanol–water partition coefficient (Wildman–Crippen LogP) is 0.0819. The number of hydrogen-bond acceptors (Lipinski definition) is 4. The van der Waals surface area contributed by atoms with E-state index in [9.17, 15) is 4.79 Å². The fraction of sp³-hybridized carbons (Fsp3) is 0.933. The standard InChI is InChI=1S/C15H30N4O/c1-17(2)6-7-18-8-10-19(11-9-18)15(20)12-14-4-3-5-16-13-14/h14,16H,3-13H2,1-2H3. The highest BCUT2D eigenvalue weighted by Gasteiger charge is 2.24. The van der Waals surface area contributed by atoms with E-state index in [1.165, 1.54) is 12.8 Å². The molecule has 2 aliphatic rings. The first-order valence-corrected chi connectivity index (χ1v) is 8.00. The number of piperazine rings is 1. The van der Waals surface area contributed by atoms with Crippen LogP contribution in [0.25, 0.3) is 0 Å². The Morgan fingerprint density at radius 1 is 1.25 bits per heavy atom. The van der Waals surface area contributed by atoms with E-state index in [-0.39, 0.29) is 0 Å². The normalized spacial score (nSPS) is 25.1. The van der Waals surface area contributed by atoms with Gasteiger partial charge in [0, 0.05) is 45.7 Å². The van der Waals surface area contributed by atoms with Gasteiger partial charge in [-0.25, -0.2) is 0 Å². The van der Waals surface area contributed by atoms with Crippen LogP contribution in [0.2, 0.25) is 0 Å². The highest BCUT2D eigenvalue weighted by molar-refractivity contribution is 5.76. The second kappa shape index (κ2) is 7.96. The second-order valence-electron chi connectivity index (χ2n) is 6.44. The summed E-state index contributed by atoms with van der Waals surface area (Å²) in [5.41, 5.74) is 0. The molecule has 1 N–H and O–H groups in total. The van der Waals surface area contributed by atoms with Gasteiger partial charge >= 0.3 is 0 Å². The molecule has 0 aliphatic carbocycles. The highest BCUT2D eigenvalue weighted by atomic mass is 16.2. The van der Waals surface area contributed by atoms with Crippen molar-refractivity contribution in [2.24, 2.45) is 5.92 Å². The minimum absolute atomic E-state index is 0.367. The first-order valence-electron chi connectivity index (χ1n) is 8.00. The summed E-state index contributed by atoms with van der Waals surface area (Å²) in [7, 11) is 4.22. The fourth-order valence-corrected chi connectivity index (χ4v) is 3.04. The largest absolute Gasteiger partial charge is 0.340 e. The van der Waals surface area contributed by atoms with Crippen LogP contribution in [-0.4, -0.2) is 87.1 Å². The number of nitrogens with one attached hydrogen (secondary N) is 1. The van der Waals surface area contributed by atoms with Crippen LogP contribution < -0.4 is 5.32 Å². The molecule has 20 heavy (non-hydrogen) atoms. The molecule has 116 valence electrons. The summed E-state index contributed by atoms with van der Waals surface area (Å²) in [6, 6.07) is 0. The Labute approximate surface area is 123 Å². The van der Waals surface area contributed by atoms with Gasteiger partial charge in [-0.3, -0.25) is 9.69 Å². The molecule has 5 heteroatoms. The van der Waals surface area contributed by atoms with Crippen LogP contribution in [0.3, 0.4) is 0 Å².